The van der Waals surface area contributed by atoms with Crippen LogP contribution in [-0.2, 0) is 26.3 Å². The molecule has 0 radical (unpaired) electrons. The number of rotatable bonds is 5. The minimum Gasteiger partial charge on any atom is -0.487 e. The summed E-state index contributed by atoms with van der Waals surface area (Å²) < 4.78 is 57.3. The van der Waals surface area contributed by atoms with Crippen LogP contribution in [0.1, 0.15) is 16.4 Å². The number of para-hydroxylation sites is 1. The lowest BCUT2D eigenvalue weighted by atomic mass is 10.2. The summed E-state index contributed by atoms with van der Waals surface area (Å²) in [6.07, 6.45) is 3.27. The highest BCUT2D eigenvalue weighted by atomic mass is 32.2. The van der Waals surface area contributed by atoms with E-state index < -0.39 is 30.7 Å². The molecule has 0 N–H and O–H groups in total. The van der Waals surface area contributed by atoms with E-state index in [0.717, 1.165) is 5.56 Å². The summed E-state index contributed by atoms with van der Waals surface area (Å²) in [5.41, 5.74) is 1.10. The molecule has 1 atom stereocenters. The average molecular weight is 415 g/mol. The van der Waals surface area contributed by atoms with Crippen molar-refractivity contribution in [2.24, 2.45) is 0 Å². The molecule has 8 heteroatoms. The predicted molar refractivity (Wildman–Crippen MR) is 103 cm³/mol. The molecule has 6 nitrogen and oxygen atoms in total. The number of aromatic nitrogens is 1. The summed E-state index contributed by atoms with van der Waals surface area (Å²) in [5, 5.41) is -1.16. The van der Waals surface area contributed by atoms with Gasteiger partial charge in [-0.15, -0.1) is 0 Å². The van der Waals surface area contributed by atoms with Gasteiger partial charge in [-0.1, -0.05) is 36.4 Å². The van der Waals surface area contributed by atoms with Crippen molar-refractivity contribution in [2.45, 2.75) is 21.6 Å². The fourth-order valence-electron chi connectivity index (χ4n) is 3.27. The van der Waals surface area contributed by atoms with E-state index in [9.17, 15) is 16.8 Å². The van der Waals surface area contributed by atoms with Gasteiger partial charge >= 0.3 is 0 Å². The van der Waals surface area contributed by atoms with E-state index in [2.05, 4.69) is 4.98 Å². The van der Waals surface area contributed by atoms with Gasteiger partial charge in [0.05, 0.1) is 10.6 Å². The summed E-state index contributed by atoms with van der Waals surface area (Å²) in [5.74, 6) is -0.279. The van der Waals surface area contributed by atoms with Crippen molar-refractivity contribution in [1.82, 2.24) is 4.98 Å². The van der Waals surface area contributed by atoms with Crippen LogP contribution in [0.4, 0.5) is 0 Å². The third-order valence-electron chi connectivity index (χ3n) is 4.62. The zero-order valence-electron chi connectivity index (χ0n) is 14.7. The number of hydrogen-bond acceptors (Lipinski definition) is 6. The number of fused-ring (bicyclic) bond motifs is 1. The van der Waals surface area contributed by atoms with Gasteiger partial charge < -0.3 is 4.74 Å². The Labute approximate surface area is 163 Å². The largest absolute Gasteiger partial charge is 0.487 e. The fourth-order valence-corrected chi connectivity index (χ4v) is 7.73. The van der Waals surface area contributed by atoms with E-state index in [1.165, 1.54) is 12.1 Å². The first-order valence-electron chi connectivity index (χ1n) is 8.56. The Morgan fingerprint density at radius 2 is 1.75 bits per heavy atom. The minimum absolute atomic E-state index is 0.0178. The Kier molecular flexibility index (Phi) is 4.68. The second-order valence-corrected chi connectivity index (χ2v) is 10.6. The van der Waals surface area contributed by atoms with Gasteiger partial charge in [0.25, 0.3) is 0 Å². The molecule has 2 aromatic carbocycles. The lowest BCUT2D eigenvalue weighted by molar-refractivity contribution is 0.297. The molecule has 1 aliphatic rings. The number of nitrogens with zero attached hydrogens (tertiary/aromatic N) is 1. The monoisotopic (exact) mass is 415 g/mol. The van der Waals surface area contributed by atoms with Gasteiger partial charge in [-0.25, -0.2) is 16.8 Å². The molecule has 2 heterocycles. The average Bonchev–Trinajstić information content (AvgIpc) is 2.99. The molecular weight excluding hydrogens is 398 g/mol. The van der Waals surface area contributed by atoms with E-state index in [4.69, 9.17) is 4.74 Å². The van der Waals surface area contributed by atoms with Crippen molar-refractivity contribution < 1.29 is 21.6 Å². The molecule has 1 aromatic heterocycles. The van der Waals surface area contributed by atoms with Gasteiger partial charge in [-0.2, -0.15) is 0 Å². The number of pyridine rings is 1. The summed E-state index contributed by atoms with van der Waals surface area (Å²) in [7, 11) is -7.62. The van der Waals surface area contributed by atoms with E-state index in [1.807, 2.05) is 6.07 Å². The maximum atomic E-state index is 13.4. The smallest absolute Gasteiger partial charge is 0.190 e. The standard InChI is InChI=1S/C20H17NO5S2/c22-27(23)14-20(16-7-1-3-9-18(16)27)28(24,25)19-10-4-2-8-17(19)26-13-15-6-5-11-21-12-15/h1-12,20H,13-14H2. The van der Waals surface area contributed by atoms with E-state index >= 15 is 0 Å². The van der Waals surface area contributed by atoms with Crippen LogP contribution in [0.15, 0.2) is 82.8 Å². The maximum absolute atomic E-state index is 13.4. The molecule has 1 aliphatic heterocycles. The molecule has 0 amide bonds. The van der Waals surface area contributed by atoms with Gasteiger partial charge in [0, 0.05) is 18.0 Å². The van der Waals surface area contributed by atoms with Crippen molar-refractivity contribution in [3.05, 3.63) is 84.2 Å². The summed E-state index contributed by atoms with van der Waals surface area (Å²) in [4.78, 5) is 4.07. The molecule has 4 rings (SSSR count). The Morgan fingerprint density at radius 1 is 1.00 bits per heavy atom. The zero-order valence-corrected chi connectivity index (χ0v) is 16.4. The molecule has 0 saturated carbocycles. The topological polar surface area (TPSA) is 90.4 Å². The Balaban J connectivity index is 1.72. The molecular formula is C20H17NO5S2. The lowest BCUT2D eigenvalue weighted by Crippen LogP contribution is -2.17. The highest BCUT2D eigenvalue weighted by Crippen LogP contribution is 2.42. The van der Waals surface area contributed by atoms with Gasteiger partial charge in [-0.3, -0.25) is 4.98 Å². The molecule has 0 aliphatic carbocycles. The fraction of sp³-hybridized carbons (Fsp3) is 0.150. The molecule has 28 heavy (non-hydrogen) atoms. The van der Waals surface area contributed by atoms with Crippen LogP contribution >= 0.6 is 0 Å². The van der Waals surface area contributed by atoms with Gasteiger partial charge in [0.2, 0.25) is 0 Å². The van der Waals surface area contributed by atoms with Crippen molar-refractivity contribution in [3.8, 4) is 5.75 Å². The highest BCUT2D eigenvalue weighted by molar-refractivity contribution is 7.96. The Morgan fingerprint density at radius 3 is 2.54 bits per heavy atom. The van der Waals surface area contributed by atoms with Crippen LogP contribution in [0.25, 0.3) is 0 Å². The first-order chi connectivity index (χ1) is 13.4. The van der Waals surface area contributed by atoms with Gasteiger partial charge in [0.1, 0.15) is 22.5 Å². The zero-order chi connectivity index (χ0) is 19.8. The molecule has 144 valence electrons. The van der Waals surface area contributed by atoms with Crippen molar-refractivity contribution in [3.63, 3.8) is 0 Å². The third kappa shape index (κ3) is 3.29. The SMILES string of the molecule is O=S1(=O)CC(S(=O)(=O)c2ccccc2OCc2cccnc2)c2ccccc21. The molecule has 3 aromatic rings. The van der Waals surface area contributed by atoms with Crippen LogP contribution in [0.5, 0.6) is 5.75 Å². The van der Waals surface area contributed by atoms with Crippen molar-refractivity contribution in [1.29, 1.82) is 0 Å². The predicted octanol–water partition coefficient (Wildman–Crippen LogP) is 2.96. The number of ether oxygens (including phenoxy) is 1. The first kappa shape index (κ1) is 18.6. The number of hydrogen-bond donors (Lipinski definition) is 0. The Hall–Kier alpha value is -2.71. The first-order valence-corrected chi connectivity index (χ1v) is 11.8. The van der Waals surface area contributed by atoms with Crippen molar-refractivity contribution >= 4 is 19.7 Å². The van der Waals surface area contributed by atoms with Crippen LogP contribution in [0.2, 0.25) is 0 Å². The second-order valence-electron chi connectivity index (χ2n) is 6.45. The van der Waals surface area contributed by atoms with Gasteiger partial charge in [-0.05, 0) is 29.8 Å². The van der Waals surface area contributed by atoms with Crippen LogP contribution in [0.3, 0.4) is 0 Å². The molecule has 1 unspecified atom stereocenters. The second kappa shape index (κ2) is 7.03. The summed E-state index contributed by atoms with van der Waals surface area (Å²) in [6, 6.07) is 16.1. The highest BCUT2D eigenvalue weighted by Gasteiger charge is 2.43. The quantitative estimate of drug-likeness (QED) is 0.636. The van der Waals surface area contributed by atoms with Crippen LogP contribution in [0, 0.1) is 0 Å². The molecule has 0 saturated heterocycles. The summed E-state index contributed by atoms with van der Waals surface area (Å²) in [6.45, 7) is 0.153. The summed E-state index contributed by atoms with van der Waals surface area (Å²) >= 11 is 0. The maximum Gasteiger partial charge on any atom is 0.190 e. The van der Waals surface area contributed by atoms with E-state index in [0.29, 0.717) is 5.56 Å². The van der Waals surface area contributed by atoms with Crippen molar-refractivity contribution in [2.75, 3.05) is 5.75 Å². The van der Waals surface area contributed by atoms with Gasteiger partial charge in [0.15, 0.2) is 19.7 Å². The molecule has 0 bridgehead atoms. The minimum atomic E-state index is -3.98. The van der Waals surface area contributed by atoms with E-state index in [1.54, 1.807) is 54.9 Å². The Bertz CT molecular complexity index is 1220. The normalized spacial score (nSPS) is 17.8. The third-order valence-corrected chi connectivity index (χ3v) is 8.76. The van der Waals surface area contributed by atoms with Crippen LogP contribution < -0.4 is 4.74 Å². The van der Waals surface area contributed by atoms with E-state index in [-0.39, 0.29) is 22.1 Å². The van der Waals surface area contributed by atoms with Crippen LogP contribution in [-0.4, -0.2) is 27.6 Å². The molecule has 0 spiro atoms. The lowest BCUT2D eigenvalue weighted by Gasteiger charge is -2.16. The number of benzene rings is 2. The number of sulfone groups is 2. The molecule has 0 fully saturated rings.